The Hall–Kier alpha value is -3.61. The standard InChI is InChI=1S/C19H15N7/c1-11-10-26-19(12(2)20-11)24-18(25-26)15-9-8-14-17(22-15)23-16(21-14)13-6-4-3-5-7-13/h3-10H,1-2H3,(H,21,22,23). The highest BCUT2D eigenvalue weighted by atomic mass is 15.3. The van der Waals surface area contributed by atoms with Gasteiger partial charge in [-0.3, -0.25) is 4.98 Å². The van der Waals surface area contributed by atoms with Crippen LogP contribution >= 0.6 is 0 Å². The van der Waals surface area contributed by atoms with Crippen LogP contribution in [0.3, 0.4) is 0 Å². The highest BCUT2D eigenvalue weighted by Crippen LogP contribution is 2.22. The van der Waals surface area contributed by atoms with Crippen LogP contribution in [0.5, 0.6) is 0 Å². The number of fused-ring (bicyclic) bond motifs is 2. The largest absolute Gasteiger partial charge is 0.323 e. The summed E-state index contributed by atoms with van der Waals surface area (Å²) in [5.74, 6) is 1.36. The van der Waals surface area contributed by atoms with Gasteiger partial charge in [-0.05, 0) is 26.0 Å². The van der Waals surface area contributed by atoms with Crippen LogP contribution in [0.2, 0.25) is 0 Å². The molecule has 0 spiro atoms. The molecule has 0 atom stereocenters. The molecule has 0 amide bonds. The van der Waals surface area contributed by atoms with Crippen molar-refractivity contribution in [1.29, 1.82) is 0 Å². The Morgan fingerprint density at radius 2 is 1.73 bits per heavy atom. The highest BCUT2D eigenvalue weighted by Gasteiger charge is 2.13. The lowest BCUT2D eigenvalue weighted by molar-refractivity contribution is 0.915. The molecule has 5 rings (SSSR count). The SMILES string of the molecule is Cc1cn2nc(-c3ccc4nc(-c5ccccc5)[nH]c4n3)nc2c(C)n1. The molecular weight excluding hydrogens is 326 g/mol. The lowest BCUT2D eigenvalue weighted by Gasteiger charge is -1.96. The van der Waals surface area contributed by atoms with E-state index in [1.165, 1.54) is 0 Å². The first kappa shape index (κ1) is 14.7. The van der Waals surface area contributed by atoms with Crippen LogP contribution in [0.15, 0.2) is 48.7 Å². The zero-order valence-corrected chi connectivity index (χ0v) is 14.3. The summed E-state index contributed by atoms with van der Waals surface area (Å²) in [5.41, 5.74) is 5.73. The predicted molar refractivity (Wildman–Crippen MR) is 98.6 cm³/mol. The zero-order valence-electron chi connectivity index (χ0n) is 14.3. The van der Waals surface area contributed by atoms with E-state index in [-0.39, 0.29) is 0 Å². The maximum Gasteiger partial charge on any atom is 0.200 e. The molecule has 5 aromatic rings. The van der Waals surface area contributed by atoms with Crippen molar-refractivity contribution in [2.24, 2.45) is 0 Å². The van der Waals surface area contributed by atoms with Crippen LogP contribution in [-0.2, 0) is 0 Å². The van der Waals surface area contributed by atoms with Crippen LogP contribution in [0.4, 0.5) is 0 Å². The molecule has 0 bridgehead atoms. The van der Waals surface area contributed by atoms with Gasteiger partial charge in [0.25, 0.3) is 0 Å². The van der Waals surface area contributed by atoms with E-state index in [0.29, 0.717) is 17.2 Å². The van der Waals surface area contributed by atoms with E-state index in [4.69, 9.17) is 0 Å². The second-order valence-corrected chi connectivity index (χ2v) is 6.19. The van der Waals surface area contributed by atoms with Crippen LogP contribution in [0, 0.1) is 13.8 Å². The minimum atomic E-state index is 0.568. The molecule has 7 heteroatoms. The number of hydrogen-bond acceptors (Lipinski definition) is 5. The predicted octanol–water partition coefficient (Wildman–Crippen LogP) is 3.35. The quantitative estimate of drug-likeness (QED) is 0.532. The Balaban J connectivity index is 1.62. The van der Waals surface area contributed by atoms with Crippen molar-refractivity contribution in [1.82, 2.24) is 34.5 Å². The molecule has 0 aliphatic heterocycles. The number of imidazole rings is 1. The number of nitrogens with zero attached hydrogens (tertiary/aromatic N) is 6. The molecule has 126 valence electrons. The summed E-state index contributed by atoms with van der Waals surface area (Å²) in [4.78, 5) is 21.6. The molecule has 1 aromatic carbocycles. The Bertz CT molecular complexity index is 1250. The first-order chi connectivity index (χ1) is 12.7. The number of nitrogens with one attached hydrogen (secondary N) is 1. The van der Waals surface area contributed by atoms with Crippen LogP contribution in [-0.4, -0.2) is 34.5 Å². The Labute approximate surface area is 148 Å². The van der Waals surface area contributed by atoms with Gasteiger partial charge in [0, 0.05) is 5.56 Å². The number of benzene rings is 1. The summed E-state index contributed by atoms with van der Waals surface area (Å²) in [5, 5.41) is 4.55. The molecule has 0 fully saturated rings. The first-order valence-corrected chi connectivity index (χ1v) is 8.30. The van der Waals surface area contributed by atoms with Crippen molar-refractivity contribution >= 4 is 16.8 Å². The van der Waals surface area contributed by atoms with E-state index in [1.54, 1.807) is 4.52 Å². The molecule has 0 radical (unpaired) electrons. The number of hydrogen-bond donors (Lipinski definition) is 1. The molecule has 0 aliphatic rings. The van der Waals surface area contributed by atoms with E-state index in [0.717, 1.165) is 33.9 Å². The van der Waals surface area contributed by atoms with E-state index in [9.17, 15) is 0 Å². The molecule has 1 N–H and O–H groups in total. The second kappa shape index (κ2) is 5.45. The van der Waals surface area contributed by atoms with Gasteiger partial charge >= 0.3 is 0 Å². The molecule has 0 saturated carbocycles. The number of pyridine rings is 1. The third-order valence-corrected chi connectivity index (χ3v) is 4.23. The monoisotopic (exact) mass is 341 g/mol. The van der Waals surface area contributed by atoms with Gasteiger partial charge < -0.3 is 4.98 Å². The molecule has 26 heavy (non-hydrogen) atoms. The lowest BCUT2D eigenvalue weighted by Crippen LogP contribution is -1.95. The minimum absolute atomic E-state index is 0.568. The van der Waals surface area contributed by atoms with Gasteiger partial charge in [-0.1, -0.05) is 30.3 Å². The smallest absolute Gasteiger partial charge is 0.200 e. The van der Waals surface area contributed by atoms with Crippen LogP contribution in [0.25, 0.3) is 39.7 Å². The molecule has 4 heterocycles. The summed E-state index contributed by atoms with van der Waals surface area (Å²) in [7, 11) is 0. The van der Waals surface area contributed by atoms with Gasteiger partial charge in [0.05, 0.1) is 17.6 Å². The van der Waals surface area contributed by atoms with Crippen molar-refractivity contribution in [3.05, 3.63) is 60.0 Å². The summed E-state index contributed by atoms with van der Waals surface area (Å²) < 4.78 is 1.75. The first-order valence-electron chi connectivity index (χ1n) is 8.30. The molecule has 0 unspecified atom stereocenters. The number of H-pyrrole nitrogens is 1. The van der Waals surface area contributed by atoms with Gasteiger partial charge in [0.15, 0.2) is 11.3 Å². The van der Waals surface area contributed by atoms with Gasteiger partial charge in [0.1, 0.15) is 17.0 Å². The maximum absolute atomic E-state index is 4.66. The van der Waals surface area contributed by atoms with Crippen molar-refractivity contribution in [2.75, 3.05) is 0 Å². The molecule has 4 aromatic heterocycles. The van der Waals surface area contributed by atoms with Crippen molar-refractivity contribution in [2.45, 2.75) is 13.8 Å². The normalized spacial score (nSPS) is 11.5. The second-order valence-electron chi connectivity index (χ2n) is 6.19. The number of aryl methyl sites for hydroxylation is 2. The Morgan fingerprint density at radius 3 is 2.58 bits per heavy atom. The number of aromatic amines is 1. The van der Waals surface area contributed by atoms with Crippen molar-refractivity contribution < 1.29 is 0 Å². The average molecular weight is 341 g/mol. The van der Waals surface area contributed by atoms with Crippen LogP contribution < -0.4 is 0 Å². The third kappa shape index (κ3) is 2.33. The molecule has 0 aliphatic carbocycles. The highest BCUT2D eigenvalue weighted by molar-refractivity contribution is 5.78. The topological polar surface area (TPSA) is 84.7 Å². The number of rotatable bonds is 2. The summed E-state index contributed by atoms with van der Waals surface area (Å²) in [6.07, 6.45) is 1.86. The van der Waals surface area contributed by atoms with E-state index < -0.39 is 0 Å². The molecule has 0 saturated heterocycles. The Kier molecular flexibility index (Phi) is 3.08. The molecule has 7 nitrogen and oxygen atoms in total. The van der Waals surface area contributed by atoms with Gasteiger partial charge in [-0.25, -0.2) is 19.5 Å². The maximum atomic E-state index is 4.66. The van der Waals surface area contributed by atoms with Gasteiger partial charge in [-0.15, -0.1) is 5.10 Å². The Morgan fingerprint density at radius 1 is 0.885 bits per heavy atom. The summed E-state index contributed by atoms with van der Waals surface area (Å²) in [6.45, 7) is 3.87. The van der Waals surface area contributed by atoms with E-state index >= 15 is 0 Å². The van der Waals surface area contributed by atoms with E-state index in [1.807, 2.05) is 62.5 Å². The van der Waals surface area contributed by atoms with E-state index in [2.05, 4.69) is 30.0 Å². The minimum Gasteiger partial charge on any atom is -0.323 e. The zero-order chi connectivity index (χ0) is 17.7. The van der Waals surface area contributed by atoms with Crippen molar-refractivity contribution in [3.8, 4) is 22.9 Å². The third-order valence-electron chi connectivity index (χ3n) is 4.23. The van der Waals surface area contributed by atoms with Gasteiger partial charge in [-0.2, -0.15) is 0 Å². The average Bonchev–Trinajstić information content (AvgIpc) is 3.25. The fourth-order valence-corrected chi connectivity index (χ4v) is 3.04. The lowest BCUT2D eigenvalue weighted by atomic mass is 10.2. The van der Waals surface area contributed by atoms with Crippen LogP contribution in [0.1, 0.15) is 11.4 Å². The summed E-state index contributed by atoms with van der Waals surface area (Å²) in [6, 6.07) is 13.8. The van der Waals surface area contributed by atoms with Crippen molar-refractivity contribution in [3.63, 3.8) is 0 Å². The molecular formula is C19H15N7. The summed E-state index contributed by atoms with van der Waals surface area (Å²) >= 11 is 0. The fraction of sp³-hybridized carbons (Fsp3) is 0.105. The fourth-order valence-electron chi connectivity index (χ4n) is 3.04. The van der Waals surface area contributed by atoms with Gasteiger partial charge in [0.2, 0.25) is 5.82 Å². The number of aromatic nitrogens is 7.